The van der Waals surface area contributed by atoms with Gasteiger partial charge in [0.1, 0.15) is 17.6 Å². The van der Waals surface area contributed by atoms with Crippen LogP contribution in [-0.2, 0) is 17.8 Å². The maximum atomic E-state index is 9.15. The van der Waals surface area contributed by atoms with E-state index in [1.54, 1.807) is 12.3 Å². The van der Waals surface area contributed by atoms with Crippen molar-refractivity contribution in [2.45, 2.75) is 44.3 Å². The van der Waals surface area contributed by atoms with Crippen LogP contribution < -0.4 is 4.90 Å². The highest BCUT2D eigenvalue weighted by atomic mass is 35.5. The number of hydrogen-bond donors (Lipinski definition) is 0. The summed E-state index contributed by atoms with van der Waals surface area (Å²) in [5, 5.41) is 19.3. The first-order valence-electron chi connectivity index (χ1n) is 11.7. The van der Waals surface area contributed by atoms with Crippen LogP contribution in [0.25, 0.3) is 5.69 Å². The topological polar surface area (TPSA) is 96.0 Å². The average molecular weight is 477 g/mol. The number of hydrogen-bond acceptors (Lipinski definition) is 8. The lowest BCUT2D eigenvalue weighted by Crippen LogP contribution is -2.35. The van der Waals surface area contributed by atoms with Crippen LogP contribution in [0.15, 0.2) is 30.5 Å². The highest BCUT2D eigenvalue weighted by Gasteiger charge is 2.33. The van der Waals surface area contributed by atoms with Gasteiger partial charge < -0.3 is 9.64 Å². The third-order valence-corrected chi connectivity index (χ3v) is 7.31. The fraction of sp³-hybridized carbons (Fsp3) is 0.458. The molecule has 0 unspecified atom stereocenters. The molecule has 2 saturated heterocycles. The summed E-state index contributed by atoms with van der Waals surface area (Å²) in [5.74, 6) is 2.87. The van der Waals surface area contributed by atoms with Gasteiger partial charge in [-0.3, -0.25) is 9.47 Å². The molecule has 1 aromatic carbocycles. The second kappa shape index (κ2) is 8.95. The van der Waals surface area contributed by atoms with Crippen molar-refractivity contribution in [1.82, 2.24) is 29.6 Å². The molecule has 174 valence electrons. The second-order valence-corrected chi connectivity index (χ2v) is 9.56. The summed E-state index contributed by atoms with van der Waals surface area (Å²) in [6, 6.07) is 10.2. The molecule has 6 rings (SSSR count). The summed E-state index contributed by atoms with van der Waals surface area (Å²) >= 11 is 6.40. The molecule has 3 aliphatic rings. The van der Waals surface area contributed by atoms with Crippen LogP contribution in [0.3, 0.4) is 0 Å². The van der Waals surface area contributed by atoms with E-state index in [-0.39, 0.29) is 5.92 Å². The van der Waals surface area contributed by atoms with E-state index in [0.29, 0.717) is 17.7 Å². The van der Waals surface area contributed by atoms with Crippen molar-refractivity contribution in [2.75, 3.05) is 31.2 Å². The molecule has 34 heavy (non-hydrogen) atoms. The van der Waals surface area contributed by atoms with Crippen molar-refractivity contribution < 1.29 is 4.74 Å². The van der Waals surface area contributed by atoms with Gasteiger partial charge in [0.15, 0.2) is 5.82 Å². The Balaban J connectivity index is 1.29. The van der Waals surface area contributed by atoms with Crippen molar-refractivity contribution in [2.24, 2.45) is 0 Å². The molecule has 10 heteroatoms. The number of benzene rings is 1. The van der Waals surface area contributed by atoms with Gasteiger partial charge in [-0.05, 0) is 49.1 Å². The van der Waals surface area contributed by atoms with Gasteiger partial charge in [0.25, 0.3) is 0 Å². The maximum absolute atomic E-state index is 9.15. The van der Waals surface area contributed by atoms with E-state index in [2.05, 4.69) is 47.6 Å². The molecule has 0 N–H and O–H groups in total. The number of nitrogens with zero attached hydrogens (tertiary/aromatic N) is 8. The Morgan fingerprint density at radius 1 is 1.09 bits per heavy atom. The van der Waals surface area contributed by atoms with E-state index >= 15 is 0 Å². The molecular formula is C24H25ClN8O. The van der Waals surface area contributed by atoms with Gasteiger partial charge in [-0.1, -0.05) is 11.6 Å². The number of nitriles is 1. The zero-order valence-corrected chi connectivity index (χ0v) is 19.5. The van der Waals surface area contributed by atoms with Crippen LogP contribution >= 0.6 is 11.6 Å². The van der Waals surface area contributed by atoms with Crippen LogP contribution in [0.4, 0.5) is 5.95 Å². The van der Waals surface area contributed by atoms with Crippen molar-refractivity contribution in [3.05, 3.63) is 58.4 Å². The standard InChI is InChI=1S/C24H25ClN8O/c25-18-1-2-21-17(11-18)13-32(20-6-10-34-15-20)14-22-29-30-23(33(21)22)16-4-8-31(9-5-16)24-27-7-3-19(12-26)28-24/h1-3,7,11,16,20H,4-6,8-10,13-15H2/t20-/m0/s1. The van der Waals surface area contributed by atoms with Crippen LogP contribution in [-0.4, -0.2) is 62.0 Å². The Morgan fingerprint density at radius 3 is 2.76 bits per heavy atom. The number of ether oxygens (including phenoxy) is 1. The minimum Gasteiger partial charge on any atom is -0.380 e. The van der Waals surface area contributed by atoms with Crippen molar-refractivity contribution >= 4 is 17.5 Å². The van der Waals surface area contributed by atoms with Gasteiger partial charge in [-0.2, -0.15) is 5.26 Å². The predicted molar refractivity (Wildman–Crippen MR) is 126 cm³/mol. The van der Waals surface area contributed by atoms with Gasteiger partial charge in [0.05, 0.1) is 18.8 Å². The lowest BCUT2D eigenvalue weighted by molar-refractivity contribution is 0.133. The minimum absolute atomic E-state index is 0.279. The number of fused-ring (bicyclic) bond motifs is 3. The number of rotatable bonds is 3. The zero-order valence-electron chi connectivity index (χ0n) is 18.8. The normalized spacial score (nSPS) is 21.1. The average Bonchev–Trinajstić information content (AvgIpc) is 3.52. The maximum Gasteiger partial charge on any atom is 0.226 e. The van der Waals surface area contributed by atoms with E-state index in [1.807, 2.05) is 6.07 Å². The van der Waals surface area contributed by atoms with Gasteiger partial charge >= 0.3 is 0 Å². The summed E-state index contributed by atoms with van der Waals surface area (Å²) in [6.45, 7) is 4.73. The van der Waals surface area contributed by atoms with Gasteiger partial charge in [0, 0.05) is 49.4 Å². The quantitative estimate of drug-likeness (QED) is 0.569. The first kappa shape index (κ1) is 21.5. The molecule has 2 aromatic heterocycles. The Morgan fingerprint density at radius 2 is 1.97 bits per heavy atom. The molecule has 0 radical (unpaired) electrons. The SMILES string of the molecule is N#Cc1ccnc(N2CCC(c3nnc4n3-c3ccc(Cl)cc3CN([C@H]3CCOC3)C4)CC2)n1. The van der Waals surface area contributed by atoms with Crippen LogP contribution in [0.5, 0.6) is 0 Å². The monoisotopic (exact) mass is 476 g/mol. The number of anilines is 1. The Hall–Kier alpha value is -3.06. The van der Waals surface area contributed by atoms with Crippen LogP contribution in [0, 0.1) is 11.3 Å². The molecule has 0 spiro atoms. The van der Waals surface area contributed by atoms with E-state index in [1.165, 1.54) is 5.56 Å². The first-order chi connectivity index (χ1) is 16.7. The fourth-order valence-electron chi connectivity index (χ4n) is 5.28. The second-order valence-electron chi connectivity index (χ2n) is 9.12. The van der Waals surface area contributed by atoms with E-state index in [9.17, 15) is 0 Å². The molecule has 9 nitrogen and oxygen atoms in total. The van der Waals surface area contributed by atoms with Gasteiger partial charge in [0.2, 0.25) is 5.95 Å². The summed E-state index contributed by atoms with van der Waals surface area (Å²) in [4.78, 5) is 13.3. The molecule has 5 heterocycles. The molecule has 0 saturated carbocycles. The Labute approximate surface area is 203 Å². The molecule has 3 aliphatic heterocycles. The molecule has 0 aliphatic carbocycles. The van der Waals surface area contributed by atoms with Crippen LogP contribution in [0.2, 0.25) is 5.02 Å². The molecular weight excluding hydrogens is 452 g/mol. The van der Waals surface area contributed by atoms with Crippen molar-refractivity contribution in [1.29, 1.82) is 5.26 Å². The van der Waals surface area contributed by atoms with Gasteiger partial charge in [-0.15, -0.1) is 10.2 Å². The number of aromatic nitrogens is 5. The van der Waals surface area contributed by atoms with Crippen LogP contribution in [0.1, 0.15) is 48.1 Å². The van der Waals surface area contributed by atoms with Crippen molar-refractivity contribution in [3.8, 4) is 11.8 Å². The smallest absolute Gasteiger partial charge is 0.226 e. The molecule has 3 aromatic rings. The summed E-state index contributed by atoms with van der Waals surface area (Å²) in [7, 11) is 0. The highest BCUT2D eigenvalue weighted by Crippen LogP contribution is 2.35. The van der Waals surface area contributed by atoms with E-state index in [0.717, 1.165) is 81.0 Å². The Bertz CT molecular complexity index is 1240. The third-order valence-electron chi connectivity index (χ3n) is 7.08. The van der Waals surface area contributed by atoms with E-state index in [4.69, 9.17) is 26.7 Å². The Kier molecular flexibility index (Phi) is 5.65. The summed E-state index contributed by atoms with van der Waals surface area (Å²) < 4.78 is 7.93. The lowest BCUT2D eigenvalue weighted by Gasteiger charge is -2.31. The van der Waals surface area contributed by atoms with Crippen molar-refractivity contribution in [3.63, 3.8) is 0 Å². The molecule has 0 bridgehead atoms. The summed E-state index contributed by atoms with van der Waals surface area (Å²) in [6.07, 6.45) is 4.52. The summed E-state index contributed by atoms with van der Waals surface area (Å²) in [5.41, 5.74) is 2.70. The molecule has 2 fully saturated rings. The minimum atomic E-state index is 0.279. The number of halogens is 1. The van der Waals surface area contributed by atoms with E-state index < -0.39 is 0 Å². The predicted octanol–water partition coefficient (Wildman–Crippen LogP) is 3.07. The largest absolute Gasteiger partial charge is 0.380 e. The highest BCUT2D eigenvalue weighted by molar-refractivity contribution is 6.30. The lowest BCUT2D eigenvalue weighted by atomic mass is 9.95. The van der Waals surface area contributed by atoms with Gasteiger partial charge in [-0.25, -0.2) is 9.97 Å². The third kappa shape index (κ3) is 3.92. The molecule has 1 atom stereocenters. The zero-order chi connectivity index (χ0) is 23.1. The first-order valence-corrected chi connectivity index (χ1v) is 12.1. The fourth-order valence-corrected chi connectivity index (χ4v) is 5.48. The number of piperidine rings is 1. The molecule has 0 amide bonds.